The molecule has 0 spiro atoms. The number of nitrogens with two attached hydrogens (primary N) is 1. The third kappa shape index (κ3) is 2.42. The molecule has 0 aromatic heterocycles. The summed E-state index contributed by atoms with van der Waals surface area (Å²) in [5.74, 6) is 0.0685. The maximum Gasteiger partial charge on any atom is 0.0717 e. The first-order chi connectivity index (χ1) is 5.77. The second-order valence-electron chi connectivity index (χ2n) is 3.39. The Hall–Kier alpha value is -0.160. The Labute approximate surface area is 73.0 Å². The fourth-order valence-electron chi connectivity index (χ4n) is 1.64. The van der Waals surface area contributed by atoms with Gasteiger partial charge in [-0.05, 0) is 13.0 Å². The van der Waals surface area contributed by atoms with Crippen LogP contribution in [0.4, 0.5) is 0 Å². The highest BCUT2D eigenvalue weighted by molar-refractivity contribution is 4.79. The van der Waals surface area contributed by atoms with Crippen molar-refractivity contribution in [2.24, 2.45) is 11.7 Å². The highest BCUT2D eigenvalue weighted by Crippen LogP contribution is 2.16. The van der Waals surface area contributed by atoms with Gasteiger partial charge in [0.15, 0.2) is 0 Å². The number of hydrogen-bond donors (Lipinski definition) is 3. The van der Waals surface area contributed by atoms with Crippen molar-refractivity contribution >= 4 is 0 Å². The molecule has 1 saturated heterocycles. The van der Waals surface area contributed by atoms with Crippen LogP contribution in [0.25, 0.3) is 0 Å². The molecule has 4 N–H and O–H groups in total. The Balaban J connectivity index is 2.30. The molecule has 1 rings (SSSR count). The Morgan fingerprint density at radius 3 is 2.75 bits per heavy atom. The van der Waals surface area contributed by atoms with E-state index >= 15 is 0 Å². The zero-order chi connectivity index (χ0) is 8.97. The molecule has 0 aliphatic carbocycles. The van der Waals surface area contributed by atoms with Crippen LogP contribution in [0.2, 0.25) is 0 Å². The maximum atomic E-state index is 9.52. The Morgan fingerprint density at radius 2 is 2.25 bits per heavy atom. The van der Waals surface area contributed by atoms with Crippen LogP contribution in [0.15, 0.2) is 0 Å². The maximum absolute atomic E-state index is 9.52. The van der Waals surface area contributed by atoms with E-state index in [-0.39, 0.29) is 18.6 Å². The molecule has 2 unspecified atom stereocenters. The van der Waals surface area contributed by atoms with Gasteiger partial charge in [-0.1, -0.05) is 0 Å². The molecule has 0 aromatic rings. The molecule has 4 nitrogen and oxygen atoms in total. The first-order valence-electron chi connectivity index (χ1n) is 4.49. The number of β-amino-alcohol motifs (C(OH)–C–C–N with tert-alkyl or cyclic N) is 1. The van der Waals surface area contributed by atoms with Crippen molar-refractivity contribution in [3.8, 4) is 0 Å². The van der Waals surface area contributed by atoms with E-state index in [4.69, 9.17) is 10.8 Å². The van der Waals surface area contributed by atoms with Gasteiger partial charge < -0.3 is 15.9 Å². The van der Waals surface area contributed by atoms with Gasteiger partial charge in [-0.15, -0.1) is 0 Å². The smallest absolute Gasteiger partial charge is 0.0717 e. The minimum Gasteiger partial charge on any atom is -0.396 e. The quantitative estimate of drug-likeness (QED) is 0.493. The van der Waals surface area contributed by atoms with Crippen LogP contribution in [0.1, 0.15) is 6.42 Å². The molecule has 72 valence electrons. The molecule has 1 heterocycles. The van der Waals surface area contributed by atoms with Crippen molar-refractivity contribution in [2.45, 2.75) is 12.5 Å². The van der Waals surface area contributed by atoms with Gasteiger partial charge >= 0.3 is 0 Å². The average molecular weight is 174 g/mol. The van der Waals surface area contributed by atoms with E-state index in [0.717, 1.165) is 19.5 Å². The lowest BCUT2D eigenvalue weighted by Crippen LogP contribution is -2.46. The zero-order valence-electron chi connectivity index (χ0n) is 7.32. The Morgan fingerprint density at radius 1 is 1.50 bits per heavy atom. The van der Waals surface area contributed by atoms with E-state index in [0.29, 0.717) is 13.1 Å². The molecule has 0 bridgehead atoms. The summed E-state index contributed by atoms with van der Waals surface area (Å²) in [5.41, 5.74) is 5.40. The van der Waals surface area contributed by atoms with Gasteiger partial charge in [0.05, 0.1) is 6.10 Å². The van der Waals surface area contributed by atoms with Crippen LogP contribution in [-0.4, -0.2) is 54.0 Å². The summed E-state index contributed by atoms with van der Waals surface area (Å²) in [7, 11) is 0. The van der Waals surface area contributed by atoms with Gasteiger partial charge in [0.1, 0.15) is 0 Å². The van der Waals surface area contributed by atoms with Crippen LogP contribution < -0.4 is 5.73 Å². The summed E-state index contributed by atoms with van der Waals surface area (Å²) in [5, 5.41) is 18.4. The first kappa shape index (κ1) is 9.92. The van der Waals surface area contributed by atoms with E-state index in [2.05, 4.69) is 4.90 Å². The average Bonchev–Trinajstić information content (AvgIpc) is 2.05. The lowest BCUT2D eigenvalue weighted by molar-refractivity contribution is -0.000722. The van der Waals surface area contributed by atoms with Crippen molar-refractivity contribution < 1.29 is 10.2 Å². The highest BCUT2D eigenvalue weighted by atomic mass is 16.3. The van der Waals surface area contributed by atoms with Gasteiger partial charge in [-0.2, -0.15) is 0 Å². The van der Waals surface area contributed by atoms with Crippen molar-refractivity contribution in [3.63, 3.8) is 0 Å². The minimum absolute atomic E-state index is 0.0685. The predicted molar refractivity (Wildman–Crippen MR) is 46.7 cm³/mol. The standard InChI is InChI=1S/C8H18N2O2/c9-2-4-10-3-1-7(6-11)8(12)5-10/h7-8,11-12H,1-6,9H2. The number of rotatable bonds is 3. The number of hydrogen-bond acceptors (Lipinski definition) is 4. The molecular weight excluding hydrogens is 156 g/mol. The van der Waals surface area contributed by atoms with Crippen LogP contribution >= 0.6 is 0 Å². The summed E-state index contributed by atoms with van der Waals surface area (Å²) in [6.45, 7) is 3.17. The summed E-state index contributed by atoms with van der Waals surface area (Å²) in [4.78, 5) is 2.14. The number of likely N-dealkylation sites (tertiary alicyclic amines) is 1. The van der Waals surface area contributed by atoms with Gasteiger partial charge in [0.2, 0.25) is 0 Å². The van der Waals surface area contributed by atoms with Gasteiger partial charge in [0, 0.05) is 32.2 Å². The molecule has 0 saturated carbocycles. The van der Waals surface area contributed by atoms with E-state index in [1.165, 1.54) is 0 Å². The third-order valence-electron chi connectivity index (χ3n) is 2.49. The van der Waals surface area contributed by atoms with Crippen molar-refractivity contribution in [2.75, 3.05) is 32.8 Å². The number of piperidine rings is 1. The second kappa shape index (κ2) is 4.77. The first-order valence-corrected chi connectivity index (χ1v) is 4.49. The molecule has 1 aliphatic heterocycles. The summed E-state index contributed by atoms with van der Waals surface area (Å²) < 4.78 is 0. The molecular formula is C8H18N2O2. The molecule has 2 atom stereocenters. The largest absolute Gasteiger partial charge is 0.396 e. The van der Waals surface area contributed by atoms with Gasteiger partial charge in [-0.3, -0.25) is 4.90 Å². The lowest BCUT2D eigenvalue weighted by atomic mass is 9.95. The number of aliphatic hydroxyl groups excluding tert-OH is 2. The van der Waals surface area contributed by atoms with Crippen LogP contribution in [0, 0.1) is 5.92 Å². The van der Waals surface area contributed by atoms with Crippen LogP contribution in [-0.2, 0) is 0 Å². The Kier molecular flexibility index (Phi) is 3.94. The highest BCUT2D eigenvalue weighted by Gasteiger charge is 2.26. The van der Waals surface area contributed by atoms with E-state index < -0.39 is 0 Å². The number of aliphatic hydroxyl groups is 2. The topological polar surface area (TPSA) is 69.7 Å². The second-order valence-corrected chi connectivity index (χ2v) is 3.39. The van der Waals surface area contributed by atoms with E-state index in [1.54, 1.807) is 0 Å². The molecule has 0 radical (unpaired) electrons. The predicted octanol–water partition coefficient (Wildman–Crippen LogP) is -1.38. The van der Waals surface area contributed by atoms with Crippen molar-refractivity contribution in [3.05, 3.63) is 0 Å². The van der Waals surface area contributed by atoms with E-state index in [1.807, 2.05) is 0 Å². The normalized spacial score (nSPS) is 32.2. The van der Waals surface area contributed by atoms with E-state index in [9.17, 15) is 5.11 Å². The zero-order valence-corrected chi connectivity index (χ0v) is 7.32. The van der Waals surface area contributed by atoms with Gasteiger partial charge in [0.25, 0.3) is 0 Å². The lowest BCUT2D eigenvalue weighted by Gasteiger charge is -2.34. The van der Waals surface area contributed by atoms with Crippen LogP contribution in [0.3, 0.4) is 0 Å². The summed E-state index contributed by atoms with van der Waals surface area (Å²) in [6.07, 6.45) is 0.493. The summed E-state index contributed by atoms with van der Waals surface area (Å²) in [6, 6.07) is 0. The van der Waals surface area contributed by atoms with Gasteiger partial charge in [-0.25, -0.2) is 0 Å². The number of nitrogens with zero attached hydrogens (tertiary/aromatic N) is 1. The molecule has 0 aromatic carbocycles. The molecule has 0 amide bonds. The molecule has 1 aliphatic rings. The minimum atomic E-state index is -0.379. The van der Waals surface area contributed by atoms with Crippen LogP contribution in [0.5, 0.6) is 0 Å². The SMILES string of the molecule is NCCN1CCC(CO)C(O)C1. The van der Waals surface area contributed by atoms with Crippen molar-refractivity contribution in [1.29, 1.82) is 0 Å². The summed E-state index contributed by atoms with van der Waals surface area (Å²) >= 11 is 0. The monoisotopic (exact) mass is 174 g/mol. The van der Waals surface area contributed by atoms with Crippen molar-refractivity contribution in [1.82, 2.24) is 4.90 Å². The molecule has 12 heavy (non-hydrogen) atoms. The molecule has 1 fully saturated rings. The fourth-order valence-corrected chi connectivity index (χ4v) is 1.64. The Bertz CT molecular complexity index is 132. The fraction of sp³-hybridized carbons (Fsp3) is 1.00. The third-order valence-corrected chi connectivity index (χ3v) is 2.49. The molecule has 4 heteroatoms.